The Labute approximate surface area is 177 Å². The van der Waals surface area contributed by atoms with E-state index in [1.807, 2.05) is 13.8 Å². The highest BCUT2D eigenvalue weighted by atomic mass is 35.5. The summed E-state index contributed by atoms with van der Waals surface area (Å²) in [6, 6.07) is 3.25. The first-order chi connectivity index (χ1) is 13.5. The number of amides is 1. The summed E-state index contributed by atoms with van der Waals surface area (Å²) in [6.45, 7) is 5.27. The fourth-order valence-corrected chi connectivity index (χ4v) is 4.68. The maximum Gasteiger partial charge on any atom is 0.289 e. The fraction of sp³-hybridized carbons (Fsp3) is 0.412. The van der Waals surface area contributed by atoms with Gasteiger partial charge in [0.25, 0.3) is 5.69 Å². The summed E-state index contributed by atoms with van der Waals surface area (Å²) in [5, 5.41) is 15.7. The van der Waals surface area contributed by atoms with Gasteiger partial charge in [0.05, 0.1) is 22.1 Å². The van der Waals surface area contributed by atoms with Crippen LogP contribution in [0.5, 0.6) is 0 Å². The highest BCUT2D eigenvalue weighted by Crippen LogP contribution is 2.29. The maximum atomic E-state index is 13.1. The van der Waals surface area contributed by atoms with Crippen LogP contribution in [0.15, 0.2) is 28.5 Å². The number of halogens is 1. The van der Waals surface area contributed by atoms with Gasteiger partial charge in [0.1, 0.15) is 5.02 Å². The molecule has 29 heavy (non-hydrogen) atoms. The van der Waals surface area contributed by atoms with Gasteiger partial charge in [-0.15, -0.1) is 11.3 Å². The molecule has 0 spiro atoms. The SMILES string of the molecule is Cc1csc(NC(=O)CN(CCC(C)C)S(=O)(=O)c2ccc(Cl)c([N+](=O)[O-])c2)n1. The first-order valence-electron chi connectivity index (χ1n) is 8.66. The van der Waals surface area contributed by atoms with Gasteiger partial charge in [-0.3, -0.25) is 14.9 Å². The third-order valence-electron chi connectivity index (χ3n) is 3.89. The normalized spacial score (nSPS) is 11.8. The lowest BCUT2D eigenvalue weighted by molar-refractivity contribution is -0.384. The molecule has 0 saturated carbocycles. The summed E-state index contributed by atoms with van der Waals surface area (Å²) in [6.07, 6.45) is 0.512. The Balaban J connectivity index is 2.30. The summed E-state index contributed by atoms with van der Waals surface area (Å²) in [5.74, 6) is -0.355. The molecule has 0 aliphatic heterocycles. The number of hydrogen-bond acceptors (Lipinski definition) is 7. The van der Waals surface area contributed by atoms with Gasteiger partial charge in [0, 0.05) is 18.0 Å². The molecule has 1 aromatic carbocycles. The van der Waals surface area contributed by atoms with Gasteiger partial charge in [-0.05, 0) is 31.4 Å². The lowest BCUT2D eigenvalue weighted by Crippen LogP contribution is -2.39. The molecule has 0 unspecified atom stereocenters. The van der Waals surface area contributed by atoms with E-state index in [4.69, 9.17) is 11.6 Å². The molecule has 0 radical (unpaired) electrons. The summed E-state index contributed by atoms with van der Waals surface area (Å²) in [5.41, 5.74) is 0.224. The molecule has 0 fully saturated rings. The Morgan fingerprint density at radius 2 is 2.10 bits per heavy atom. The van der Waals surface area contributed by atoms with Crippen molar-refractivity contribution in [2.45, 2.75) is 32.1 Å². The Morgan fingerprint density at radius 3 is 2.66 bits per heavy atom. The van der Waals surface area contributed by atoms with E-state index < -0.39 is 33.1 Å². The highest BCUT2D eigenvalue weighted by molar-refractivity contribution is 7.89. The number of nitrogens with zero attached hydrogens (tertiary/aromatic N) is 3. The number of aromatic nitrogens is 1. The van der Waals surface area contributed by atoms with Crippen LogP contribution in [0.3, 0.4) is 0 Å². The lowest BCUT2D eigenvalue weighted by Gasteiger charge is -2.22. The average Bonchev–Trinajstić information content (AvgIpc) is 3.02. The van der Waals surface area contributed by atoms with E-state index in [9.17, 15) is 23.3 Å². The molecule has 2 aromatic rings. The Kier molecular flexibility index (Phi) is 7.69. The van der Waals surface area contributed by atoms with Crippen LogP contribution in [0.1, 0.15) is 26.0 Å². The summed E-state index contributed by atoms with van der Waals surface area (Å²) in [4.78, 5) is 26.6. The van der Waals surface area contributed by atoms with E-state index in [1.165, 1.54) is 17.4 Å². The quantitative estimate of drug-likeness (QED) is 0.449. The molecule has 0 aliphatic carbocycles. The first kappa shape index (κ1) is 23.2. The van der Waals surface area contributed by atoms with Crippen LogP contribution in [0.25, 0.3) is 0 Å². The van der Waals surface area contributed by atoms with Crippen LogP contribution < -0.4 is 5.32 Å². The molecule has 1 N–H and O–H groups in total. The Hall–Kier alpha value is -2.08. The minimum atomic E-state index is -4.16. The predicted octanol–water partition coefficient (Wildman–Crippen LogP) is 3.69. The average molecular weight is 461 g/mol. The summed E-state index contributed by atoms with van der Waals surface area (Å²) < 4.78 is 27.2. The van der Waals surface area contributed by atoms with Crippen molar-refractivity contribution in [1.29, 1.82) is 0 Å². The highest BCUT2D eigenvalue weighted by Gasteiger charge is 2.29. The van der Waals surface area contributed by atoms with Gasteiger partial charge in [-0.25, -0.2) is 13.4 Å². The van der Waals surface area contributed by atoms with Crippen LogP contribution in [-0.4, -0.2) is 41.6 Å². The minimum Gasteiger partial charge on any atom is -0.301 e. The van der Waals surface area contributed by atoms with Crippen LogP contribution in [0, 0.1) is 23.0 Å². The second-order valence-corrected chi connectivity index (χ2v) is 9.94. The van der Waals surface area contributed by atoms with Gasteiger partial charge >= 0.3 is 0 Å². The molecule has 0 aliphatic rings. The van der Waals surface area contributed by atoms with E-state index in [0.29, 0.717) is 11.6 Å². The third kappa shape index (κ3) is 6.20. The van der Waals surface area contributed by atoms with Crippen LogP contribution in [0.2, 0.25) is 5.02 Å². The van der Waals surface area contributed by atoms with Crippen LogP contribution >= 0.6 is 22.9 Å². The largest absolute Gasteiger partial charge is 0.301 e. The zero-order chi connectivity index (χ0) is 21.8. The number of aryl methyl sites for hydroxylation is 1. The van der Waals surface area contributed by atoms with Crippen molar-refractivity contribution in [1.82, 2.24) is 9.29 Å². The van der Waals surface area contributed by atoms with Crippen molar-refractivity contribution in [2.24, 2.45) is 5.92 Å². The van der Waals surface area contributed by atoms with E-state index in [1.54, 1.807) is 12.3 Å². The molecule has 12 heteroatoms. The second kappa shape index (κ2) is 9.61. The molecule has 1 aromatic heterocycles. The maximum absolute atomic E-state index is 13.1. The van der Waals surface area contributed by atoms with Crippen molar-refractivity contribution in [2.75, 3.05) is 18.4 Å². The molecule has 0 saturated heterocycles. The van der Waals surface area contributed by atoms with Crippen molar-refractivity contribution in [3.05, 3.63) is 44.4 Å². The smallest absolute Gasteiger partial charge is 0.289 e. The Bertz CT molecular complexity index is 1010. The first-order valence-corrected chi connectivity index (χ1v) is 11.4. The van der Waals surface area contributed by atoms with E-state index in [-0.39, 0.29) is 22.4 Å². The van der Waals surface area contributed by atoms with Gasteiger partial charge in [0.2, 0.25) is 15.9 Å². The number of nitro groups is 1. The molecule has 158 valence electrons. The predicted molar refractivity (Wildman–Crippen MR) is 112 cm³/mol. The molecular formula is C17H21ClN4O5S2. The molecule has 2 rings (SSSR count). The number of carbonyl (C=O) groups excluding carboxylic acids is 1. The van der Waals surface area contributed by atoms with E-state index >= 15 is 0 Å². The number of sulfonamides is 1. The topological polar surface area (TPSA) is 123 Å². The second-order valence-electron chi connectivity index (χ2n) is 6.73. The minimum absolute atomic E-state index is 0.0841. The lowest BCUT2D eigenvalue weighted by atomic mass is 10.1. The third-order valence-corrected chi connectivity index (χ3v) is 6.93. The number of benzene rings is 1. The van der Waals surface area contributed by atoms with Crippen molar-refractivity contribution in [3.8, 4) is 0 Å². The van der Waals surface area contributed by atoms with Gasteiger partial charge in [-0.2, -0.15) is 4.31 Å². The molecule has 1 heterocycles. The molecule has 0 bridgehead atoms. The van der Waals surface area contributed by atoms with Crippen molar-refractivity contribution in [3.63, 3.8) is 0 Å². The van der Waals surface area contributed by atoms with Crippen molar-refractivity contribution >= 4 is 49.7 Å². The fourth-order valence-electron chi connectivity index (χ4n) is 2.36. The molecule has 1 amide bonds. The Morgan fingerprint density at radius 1 is 1.41 bits per heavy atom. The number of carbonyl (C=O) groups is 1. The molecule has 0 atom stereocenters. The van der Waals surface area contributed by atoms with Crippen molar-refractivity contribution < 1.29 is 18.1 Å². The number of nitrogens with one attached hydrogen (secondary N) is 1. The molecule has 9 nitrogen and oxygen atoms in total. The zero-order valence-electron chi connectivity index (χ0n) is 16.1. The molecular weight excluding hydrogens is 440 g/mol. The van der Waals surface area contributed by atoms with Gasteiger partial charge in [0.15, 0.2) is 5.13 Å². The van der Waals surface area contributed by atoms with Crippen LogP contribution in [0.4, 0.5) is 10.8 Å². The van der Waals surface area contributed by atoms with E-state index in [0.717, 1.165) is 22.1 Å². The standard InChI is InChI=1S/C17H21ClN4O5S2/c1-11(2)6-7-21(9-16(23)20-17-19-12(3)10-28-17)29(26,27)13-4-5-14(18)15(8-13)22(24)25/h4-5,8,10-11H,6-7,9H2,1-3H3,(H,19,20,23). The van der Waals surface area contributed by atoms with E-state index in [2.05, 4.69) is 10.3 Å². The zero-order valence-corrected chi connectivity index (χ0v) is 18.5. The number of nitro benzene ring substituents is 1. The monoisotopic (exact) mass is 460 g/mol. The van der Waals surface area contributed by atoms with Crippen LogP contribution in [-0.2, 0) is 14.8 Å². The summed E-state index contributed by atoms with van der Waals surface area (Å²) >= 11 is 7.01. The summed E-state index contributed by atoms with van der Waals surface area (Å²) in [7, 11) is -4.16. The number of rotatable bonds is 9. The number of hydrogen-bond donors (Lipinski definition) is 1. The number of thiazole rings is 1. The number of anilines is 1. The van der Waals surface area contributed by atoms with Gasteiger partial charge < -0.3 is 5.32 Å². The van der Waals surface area contributed by atoms with Gasteiger partial charge in [-0.1, -0.05) is 25.4 Å².